The van der Waals surface area contributed by atoms with Crippen molar-refractivity contribution >= 4 is 37.4 Å². The molecule has 4 rings (SSSR count). The smallest absolute Gasteiger partial charge is 0.264 e. The number of benzene rings is 2. The molecule has 0 aliphatic heterocycles. The topological polar surface area (TPSA) is 72.5 Å². The van der Waals surface area contributed by atoms with Gasteiger partial charge in [0, 0.05) is 17.0 Å². The fourth-order valence-corrected chi connectivity index (χ4v) is 5.60. The average Bonchev–Trinajstić information content (AvgIpc) is 2.86. The highest BCUT2D eigenvalue weighted by molar-refractivity contribution is 9.10. The summed E-state index contributed by atoms with van der Waals surface area (Å²) in [5.41, 5.74) is 1.61. The average molecular weight is 454 g/mol. The largest absolute Gasteiger partial charge is 0.497 e. The summed E-state index contributed by atoms with van der Waals surface area (Å²) in [5, 5.41) is 0. The molecule has 1 spiro atoms. The number of carbonyl (C=O) groups excluding carboxylic acids is 1. The first-order chi connectivity index (χ1) is 12.8. The quantitative estimate of drug-likeness (QED) is 0.760. The number of fused-ring (bicyclic) bond motifs is 2. The number of ketones is 1. The summed E-state index contributed by atoms with van der Waals surface area (Å²) >= 11 is 3.45. The number of sulfonamides is 1. The van der Waals surface area contributed by atoms with Crippen molar-refractivity contribution < 1.29 is 22.3 Å². The lowest BCUT2D eigenvalue weighted by Crippen LogP contribution is -2.39. The van der Waals surface area contributed by atoms with Gasteiger partial charge in [0.2, 0.25) is 0 Å². The second kappa shape index (κ2) is 6.31. The lowest BCUT2D eigenvalue weighted by molar-refractivity contribution is -0.125. The summed E-state index contributed by atoms with van der Waals surface area (Å²) < 4.78 is 47.6. The molecule has 0 saturated heterocycles. The van der Waals surface area contributed by atoms with Crippen molar-refractivity contribution in [1.82, 2.24) is 0 Å². The molecule has 0 bridgehead atoms. The zero-order valence-corrected chi connectivity index (χ0v) is 16.9. The van der Waals surface area contributed by atoms with Gasteiger partial charge in [-0.1, -0.05) is 22.4 Å². The van der Waals surface area contributed by atoms with E-state index in [1.165, 1.54) is 13.2 Å². The van der Waals surface area contributed by atoms with Gasteiger partial charge in [-0.2, -0.15) is 0 Å². The van der Waals surface area contributed by atoms with Crippen LogP contribution in [0.4, 0.5) is 10.1 Å². The van der Waals surface area contributed by atoms with Crippen molar-refractivity contribution in [3.05, 3.63) is 51.7 Å². The molecule has 27 heavy (non-hydrogen) atoms. The minimum atomic E-state index is -4.13. The monoisotopic (exact) mass is 453 g/mol. The van der Waals surface area contributed by atoms with E-state index in [0.717, 1.165) is 42.5 Å². The lowest BCUT2D eigenvalue weighted by atomic mass is 9.64. The Morgan fingerprint density at radius 2 is 1.96 bits per heavy atom. The van der Waals surface area contributed by atoms with Gasteiger partial charge in [-0.05, 0) is 48.2 Å². The third-order valence-electron chi connectivity index (χ3n) is 5.47. The van der Waals surface area contributed by atoms with E-state index in [0.29, 0.717) is 16.6 Å². The van der Waals surface area contributed by atoms with Crippen molar-refractivity contribution in [3.63, 3.8) is 0 Å². The molecule has 1 saturated carbocycles. The Morgan fingerprint density at radius 3 is 2.56 bits per heavy atom. The summed E-state index contributed by atoms with van der Waals surface area (Å²) in [6.45, 7) is 0. The minimum absolute atomic E-state index is 0.186. The molecule has 2 aliphatic rings. The Labute approximate surface area is 165 Å². The third kappa shape index (κ3) is 2.86. The number of halogens is 2. The van der Waals surface area contributed by atoms with Gasteiger partial charge >= 0.3 is 0 Å². The van der Waals surface area contributed by atoms with Crippen LogP contribution in [0.1, 0.15) is 30.4 Å². The predicted octanol–water partition coefficient (Wildman–Crippen LogP) is 3.94. The van der Waals surface area contributed by atoms with Crippen molar-refractivity contribution in [1.29, 1.82) is 0 Å². The summed E-state index contributed by atoms with van der Waals surface area (Å²) in [7, 11) is -2.75. The standard InChI is InChI=1S/C19H17BrFNO4S/c1-26-12-3-4-17(16(21)9-12)27(24,25)22-11-7-14-13(15(20)8-11)10-18(23)19(14)5-2-6-19/h3-4,7-9,22H,2,5-6,10H2,1H3. The van der Waals surface area contributed by atoms with E-state index in [1.807, 2.05) is 0 Å². The Kier molecular flexibility index (Phi) is 4.31. The van der Waals surface area contributed by atoms with E-state index >= 15 is 0 Å². The van der Waals surface area contributed by atoms with E-state index in [4.69, 9.17) is 4.74 Å². The number of methoxy groups -OCH3 is 1. The van der Waals surface area contributed by atoms with Crippen LogP contribution in [-0.4, -0.2) is 21.3 Å². The normalized spacial score (nSPS) is 17.5. The minimum Gasteiger partial charge on any atom is -0.497 e. The fraction of sp³-hybridized carbons (Fsp3) is 0.316. The molecule has 0 aromatic heterocycles. The van der Waals surface area contributed by atoms with Crippen molar-refractivity contribution in [2.45, 2.75) is 36.0 Å². The summed E-state index contributed by atoms with van der Waals surface area (Å²) in [5.74, 6) is -0.476. The second-order valence-electron chi connectivity index (χ2n) is 6.92. The molecule has 0 unspecified atom stereocenters. The van der Waals surface area contributed by atoms with Crippen molar-refractivity contribution in [2.24, 2.45) is 0 Å². The van der Waals surface area contributed by atoms with Crippen LogP contribution in [0, 0.1) is 5.82 Å². The Balaban J connectivity index is 1.72. The summed E-state index contributed by atoms with van der Waals surface area (Å²) in [4.78, 5) is 12.0. The predicted molar refractivity (Wildman–Crippen MR) is 102 cm³/mol. The number of rotatable bonds is 4. The molecule has 0 atom stereocenters. The molecule has 0 radical (unpaired) electrons. The molecule has 1 N–H and O–H groups in total. The highest BCUT2D eigenvalue weighted by Crippen LogP contribution is 2.52. The summed E-state index contributed by atoms with van der Waals surface area (Å²) in [6, 6.07) is 6.90. The Bertz CT molecular complexity index is 1060. The second-order valence-corrected chi connectivity index (χ2v) is 9.43. The van der Waals surface area contributed by atoms with Crippen LogP contribution in [0.15, 0.2) is 39.7 Å². The van der Waals surface area contributed by atoms with Gasteiger partial charge < -0.3 is 4.74 Å². The maximum atomic E-state index is 14.2. The van der Waals surface area contributed by atoms with E-state index < -0.39 is 26.2 Å². The van der Waals surface area contributed by atoms with E-state index in [-0.39, 0.29) is 11.5 Å². The van der Waals surface area contributed by atoms with Crippen molar-refractivity contribution in [3.8, 4) is 5.75 Å². The van der Waals surface area contributed by atoms with E-state index in [2.05, 4.69) is 20.7 Å². The molecule has 5 nitrogen and oxygen atoms in total. The zero-order chi connectivity index (χ0) is 19.4. The van der Waals surface area contributed by atoms with E-state index in [9.17, 15) is 17.6 Å². The molecule has 2 aromatic rings. The molecule has 2 aromatic carbocycles. The molecule has 1 fully saturated rings. The first kappa shape index (κ1) is 18.4. The van der Waals surface area contributed by atoms with E-state index in [1.54, 1.807) is 12.1 Å². The van der Waals surface area contributed by atoms with Gasteiger partial charge in [-0.25, -0.2) is 12.8 Å². The lowest BCUT2D eigenvalue weighted by Gasteiger charge is -2.37. The Hall–Kier alpha value is -1.93. The molecule has 142 valence electrons. The number of nitrogens with one attached hydrogen (secondary N) is 1. The maximum Gasteiger partial charge on any atom is 0.264 e. The van der Waals surface area contributed by atoms with Crippen LogP contribution in [0.2, 0.25) is 0 Å². The maximum absolute atomic E-state index is 14.2. The number of anilines is 1. The molecule has 8 heteroatoms. The van der Waals surface area contributed by atoms with Crippen LogP contribution < -0.4 is 9.46 Å². The molecule has 0 amide bonds. The number of hydrogen-bond acceptors (Lipinski definition) is 4. The SMILES string of the molecule is COc1ccc(S(=O)(=O)Nc2cc(Br)c3c(c2)C2(CCC2)C(=O)C3)c(F)c1. The van der Waals surface area contributed by atoms with Crippen LogP contribution in [0.5, 0.6) is 5.75 Å². The van der Waals surface area contributed by atoms with Gasteiger partial charge in [0.05, 0.1) is 18.2 Å². The van der Waals surface area contributed by atoms with Gasteiger partial charge in [-0.3, -0.25) is 9.52 Å². The molecule has 2 aliphatic carbocycles. The van der Waals surface area contributed by atoms with Crippen LogP contribution >= 0.6 is 15.9 Å². The number of carbonyl (C=O) groups is 1. The zero-order valence-electron chi connectivity index (χ0n) is 14.5. The van der Waals surface area contributed by atoms with Crippen LogP contribution in [0.25, 0.3) is 0 Å². The van der Waals surface area contributed by atoms with Crippen molar-refractivity contribution in [2.75, 3.05) is 11.8 Å². The Morgan fingerprint density at radius 1 is 1.22 bits per heavy atom. The highest BCUT2D eigenvalue weighted by Gasteiger charge is 2.51. The summed E-state index contributed by atoms with van der Waals surface area (Å²) in [6.07, 6.45) is 2.91. The van der Waals surface area contributed by atoms with Gasteiger partial charge in [-0.15, -0.1) is 0 Å². The fourth-order valence-electron chi connectivity index (χ4n) is 3.90. The van der Waals surface area contributed by atoms with Gasteiger partial charge in [0.15, 0.2) is 0 Å². The molecule has 0 heterocycles. The number of ether oxygens (including phenoxy) is 1. The molecular formula is C19H17BrFNO4S. The first-order valence-corrected chi connectivity index (χ1v) is 10.8. The van der Waals surface area contributed by atoms with Crippen LogP contribution in [0.3, 0.4) is 0 Å². The highest BCUT2D eigenvalue weighted by atomic mass is 79.9. The number of hydrogen-bond donors (Lipinski definition) is 1. The first-order valence-electron chi connectivity index (χ1n) is 8.49. The van der Waals surface area contributed by atoms with Gasteiger partial charge in [0.25, 0.3) is 10.0 Å². The third-order valence-corrected chi connectivity index (χ3v) is 7.59. The number of Topliss-reactive ketones (excluding diaryl/α,β-unsaturated/α-hetero) is 1. The molecular weight excluding hydrogens is 437 g/mol. The van der Waals surface area contributed by atoms with Crippen LogP contribution in [-0.2, 0) is 26.7 Å². The van der Waals surface area contributed by atoms with Gasteiger partial charge in [0.1, 0.15) is 22.2 Å².